The first-order valence-corrected chi connectivity index (χ1v) is 9.91. The van der Waals surface area contributed by atoms with E-state index in [-0.39, 0.29) is 23.8 Å². The molecule has 12 heteroatoms. The van der Waals surface area contributed by atoms with Crippen LogP contribution in [-0.2, 0) is 6.18 Å². The molecule has 4 heterocycles. The Morgan fingerprint density at radius 1 is 1.25 bits per heavy atom. The van der Waals surface area contributed by atoms with Crippen LogP contribution in [0.3, 0.4) is 0 Å². The van der Waals surface area contributed by atoms with E-state index in [1.54, 1.807) is 12.3 Å². The van der Waals surface area contributed by atoms with Crippen molar-refractivity contribution in [3.63, 3.8) is 0 Å². The van der Waals surface area contributed by atoms with Crippen LogP contribution < -0.4 is 16.0 Å². The van der Waals surface area contributed by atoms with Crippen LogP contribution in [-0.4, -0.2) is 55.2 Å². The predicted octanol–water partition coefficient (Wildman–Crippen LogP) is 2.25. The third-order valence-electron chi connectivity index (χ3n) is 5.48. The van der Waals surface area contributed by atoms with Crippen molar-refractivity contribution in [2.75, 3.05) is 11.4 Å². The van der Waals surface area contributed by atoms with Gasteiger partial charge in [0.2, 0.25) is 5.95 Å². The molecule has 1 saturated heterocycles. The lowest BCUT2D eigenvalue weighted by Gasteiger charge is -2.43. The molecule has 3 aromatic rings. The molecule has 0 saturated carbocycles. The molecule has 3 unspecified atom stereocenters. The number of hydrogen-bond acceptors (Lipinski definition) is 8. The second-order valence-corrected chi connectivity index (χ2v) is 7.63. The standard InChI is InChI=1S/C20H22F3N9/c1-11-9-31(12(2)18(29-11)13(5-24)6-25)19-26-4-3-14(30-19)15-7-28-17-8-27-16(10-32(15)17)20(21,22)23/h3-8,10-12,18,24,29H,9,25H2,1-2H3/b13-6+,24-5?. The van der Waals surface area contributed by atoms with E-state index in [1.165, 1.54) is 23.0 Å². The largest absolute Gasteiger partial charge is 0.434 e. The van der Waals surface area contributed by atoms with Crippen LogP contribution in [0.2, 0.25) is 0 Å². The molecular formula is C20H22F3N9. The molecule has 4 N–H and O–H groups in total. The lowest BCUT2D eigenvalue weighted by atomic mass is 9.96. The van der Waals surface area contributed by atoms with Gasteiger partial charge in [0, 0.05) is 49.0 Å². The number of nitrogens with one attached hydrogen (secondary N) is 2. The van der Waals surface area contributed by atoms with Crippen LogP contribution >= 0.6 is 0 Å². The van der Waals surface area contributed by atoms with Crippen LogP contribution in [0.25, 0.3) is 17.0 Å². The fourth-order valence-electron chi connectivity index (χ4n) is 3.87. The van der Waals surface area contributed by atoms with Gasteiger partial charge in [0.25, 0.3) is 0 Å². The molecule has 3 aromatic heterocycles. The molecule has 9 nitrogen and oxygen atoms in total. The molecule has 32 heavy (non-hydrogen) atoms. The van der Waals surface area contributed by atoms with Gasteiger partial charge in [0.1, 0.15) is 0 Å². The third-order valence-corrected chi connectivity index (χ3v) is 5.48. The molecule has 1 aliphatic heterocycles. The number of rotatable bonds is 4. The van der Waals surface area contributed by atoms with Gasteiger partial charge in [0.05, 0.1) is 29.8 Å². The first-order valence-electron chi connectivity index (χ1n) is 9.91. The fourth-order valence-corrected chi connectivity index (χ4v) is 3.87. The minimum Gasteiger partial charge on any atom is -0.404 e. The Bertz CT molecular complexity index is 1170. The molecule has 168 valence electrons. The van der Waals surface area contributed by atoms with E-state index in [1.807, 2.05) is 18.7 Å². The number of hydrogen-bond donors (Lipinski definition) is 3. The van der Waals surface area contributed by atoms with E-state index >= 15 is 0 Å². The summed E-state index contributed by atoms with van der Waals surface area (Å²) >= 11 is 0. The SMILES string of the molecule is CC1CN(c2nccc(-c3cnc4cnc(C(F)(F)F)cn34)n2)C(C)C(/C(C=N)=C/N)N1. The average Bonchev–Trinajstić information content (AvgIpc) is 3.19. The van der Waals surface area contributed by atoms with Crippen LogP contribution in [0, 0.1) is 5.41 Å². The van der Waals surface area contributed by atoms with Crippen molar-refractivity contribution in [2.45, 2.75) is 38.1 Å². The summed E-state index contributed by atoms with van der Waals surface area (Å²) in [5.41, 5.74) is 6.42. The van der Waals surface area contributed by atoms with Crippen LogP contribution in [0.5, 0.6) is 0 Å². The second-order valence-electron chi connectivity index (χ2n) is 7.63. The van der Waals surface area contributed by atoms with Crippen molar-refractivity contribution in [1.82, 2.24) is 29.7 Å². The molecule has 3 atom stereocenters. The monoisotopic (exact) mass is 445 g/mol. The molecule has 1 aliphatic rings. The minimum absolute atomic E-state index is 0.0644. The second kappa shape index (κ2) is 8.19. The third kappa shape index (κ3) is 3.88. The highest BCUT2D eigenvalue weighted by atomic mass is 19.4. The van der Waals surface area contributed by atoms with E-state index in [0.29, 0.717) is 29.5 Å². The summed E-state index contributed by atoms with van der Waals surface area (Å²) in [5, 5.41) is 11.1. The molecule has 0 spiro atoms. The summed E-state index contributed by atoms with van der Waals surface area (Å²) in [4.78, 5) is 18.6. The van der Waals surface area contributed by atoms with Gasteiger partial charge < -0.3 is 21.4 Å². The van der Waals surface area contributed by atoms with E-state index in [2.05, 4.69) is 25.3 Å². The minimum atomic E-state index is -4.57. The fraction of sp³-hybridized carbons (Fsp3) is 0.350. The van der Waals surface area contributed by atoms with Gasteiger partial charge in [-0.05, 0) is 19.9 Å². The normalized spacial score (nSPS) is 22.3. The van der Waals surface area contributed by atoms with Gasteiger partial charge in [-0.2, -0.15) is 13.2 Å². The van der Waals surface area contributed by atoms with Crippen molar-refractivity contribution >= 4 is 17.8 Å². The molecule has 0 amide bonds. The van der Waals surface area contributed by atoms with Gasteiger partial charge in [0.15, 0.2) is 11.3 Å². The summed E-state index contributed by atoms with van der Waals surface area (Å²) in [7, 11) is 0. The lowest BCUT2D eigenvalue weighted by molar-refractivity contribution is -0.141. The average molecular weight is 445 g/mol. The highest BCUT2D eigenvalue weighted by Gasteiger charge is 2.35. The number of alkyl halides is 3. The zero-order valence-electron chi connectivity index (χ0n) is 17.4. The maximum absolute atomic E-state index is 13.1. The highest BCUT2D eigenvalue weighted by molar-refractivity contribution is 5.78. The molecule has 0 radical (unpaired) electrons. The smallest absolute Gasteiger partial charge is 0.404 e. The Kier molecular flexibility index (Phi) is 5.55. The summed E-state index contributed by atoms with van der Waals surface area (Å²) in [6, 6.07) is 1.36. The first kappa shape index (κ1) is 21.7. The zero-order chi connectivity index (χ0) is 23.0. The van der Waals surface area contributed by atoms with Gasteiger partial charge in [-0.3, -0.25) is 4.40 Å². The van der Waals surface area contributed by atoms with Crippen molar-refractivity contribution in [1.29, 1.82) is 5.41 Å². The highest BCUT2D eigenvalue weighted by Crippen LogP contribution is 2.29. The molecule has 1 fully saturated rings. The molecular weight excluding hydrogens is 423 g/mol. The number of imidazole rings is 1. The quantitative estimate of drug-likeness (QED) is 0.527. The van der Waals surface area contributed by atoms with Crippen LogP contribution in [0.4, 0.5) is 19.1 Å². The predicted molar refractivity (Wildman–Crippen MR) is 113 cm³/mol. The Labute approximate surface area is 181 Å². The topological polar surface area (TPSA) is 121 Å². The molecule has 0 bridgehead atoms. The number of fused-ring (bicyclic) bond motifs is 1. The number of nitrogens with zero attached hydrogens (tertiary/aromatic N) is 6. The lowest BCUT2D eigenvalue weighted by Crippen LogP contribution is -2.62. The Morgan fingerprint density at radius 3 is 2.72 bits per heavy atom. The summed E-state index contributed by atoms with van der Waals surface area (Å²) < 4.78 is 40.7. The summed E-state index contributed by atoms with van der Waals surface area (Å²) in [6.45, 7) is 4.58. The summed E-state index contributed by atoms with van der Waals surface area (Å²) in [5.74, 6) is 0.426. The first-order chi connectivity index (χ1) is 15.2. The number of halogens is 3. The molecule has 0 aliphatic carbocycles. The Balaban J connectivity index is 1.73. The number of anilines is 1. The van der Waals surface area contributed by atoms with Gasteiger partial charge in [-0.25, -0.2) is 19.9 Å². The number of aromatic nitrogens is 5. The zero-order valence-corrected chi connectivity index (χ0v) is 17.4. The maximum Gasteiger partial charge on any atom is 0.434 e. The number of piperazine rings is 1. The van der Waals surface area contributed by atoms with E-state index in [4.69, 9.17) is 11.1 Å². The van der Waals surface area contributed by atoms with Gasteiger partial charge in [-0.15, -0.1) is 0 Å². The van der Waals surface area contributed by atoms with E-state index < -0.39 is 11.9 Å². The van der Waals surface area contributed by atoms with Crippen molar-refractivity contribution in [3.8, 4) is 11.4 Å². The number of nitrogens with two attached hydrogens (primary N) is 1. The van der Waals surface area contributed by atoms with E-state index in [9.17, 15) is 13.2 Å². The molecule has 0 aromatic carbocycles. The van der Waals surface area contributed by atoms with Crippen molar-refractivity contribution in [2.24, 2.45) is 5.73 Å². The molecule has 4 rings (SSSR count). The van der Waals surface area contributed by atoms with Gasteiger partial charge >= 0.3 is 6.18 Å². The maximum atomic E-state index is 13.1. The Morgan fingerprint density at radius 2 is 2.03 bits per heavy atom. The van der Waals surface area contributed by atoms with Crippen molar-refractivity contribution in [3.05, 3.63) is 48.3 Å². The van der Waals surface area contributed by atoms with E-state index in [0.717, 1.165) is 12.4 Å². The van der Waals surface area contributed by atoms with Gasteiger partial charge in [-0.1, -0.05) is 0 Å². The Hall–Kier alpha value is -3.54. The van der Waals surface area contributed by atoms with Crippen LogP contribution in [0.1, 0.15) is 19.5 Å². The van der Waals surface area contributed by atoms with Crippen molar-refractivity contribution < 1.29 is 13.2 Å². The summed E-state index contributed by atoms with van der Waals surface area (Å²) in [6.07, 6.45) is 3.06. The van der Waals surface area contributed by atoms with Crippen LogP contribution in [0.15, 0.2) is 42.6 Å².